The molecule has 1 N–H and O–H groups in total. The first-order chi connectivity index (χ1) is 11.7. The van der Waals surface area contributed by atoms with Crippen molar-refractivity contribution >= 4 is 5.97 Å². The molecule has 0 bridgehead atoms. The average molecular weight is 343 g/mol. The second-order valence-electron chi connectivity index (χ2n) is 7.87. The summed E-state index contributed by atoms with van der Waals surface area (Å²) in [6.45, 7) is 10.2. The van der Waals surface area contributed by atoms with E-state index in [9.17, 15) is 4.79 Å². The van der Waals surface area contributed by atoms with Gasteiger partial charge in [-0.2, -0.15) is 5.10 Å². The molecule has 1 aromatic carbocycles. The first-order valence-electron chi connectivity index (χ1n) is 8.69. The molecular weight excluding hydrogens is 314 g/mol. The van der Waals surface area contributed by atoms with Gasteiger partial charge in [-0.3, -0.25) is 9.48 Å². The topological polar surface area (TPSA) is 58.4 Å². The van der Waals surface area contributed by atoms with E-state index < -0.39 is 5.97 Å². The summed E-state index contributed by atoms with van der Waals surface area (Å²) in [4.78, 5) is 13.1. The monoisotopic (exact) mass is 343 g/mol. The van der Waals surface area contributed by atoms with Crippen LogP contribution in [0.5, 0.6) is 0 Å². The van der Waals surface area contributed by atoms with E-state index in [0.29, 0.717) is 13.1 Å². The average Bonchev–Trinajstić information content (AvgIpc) is 2.90. The van der Waals surface area contributed by atoms with Crippen molar-refractivity contribution in [1.82, 2.24) is 14.7 Å². The minimum atomic E-state index is -0.761. The van der Waals surface area contributed by atoms with Crippen LogP contribution in [0.3, 0.4) is 0 Å². The van der Waals surface area contributed by atoms with Gasteiger partial charge in [0.2, 0.25) is 0 Å². The Morgan fingerprint density at radius 1 is 1.28 bits per heavy atom. The lowest BCUT2D eigenvalue weighted by Crippen LogP contribution is -2.29. The number of benzene rings is 1. The maximum Gasteiger partial charge on any atom is 0.307 e. The van der Waals surface area contributed by atoms with Crippen molar-refractivity contribution in [3.05, 3.63) is 53.3 Å². The molecule has 0 spiro atoms. The predicted molar refractivity (Wildman–Crippen MR) is 99.6 cm³/mol. The number of hydrogen-bond acceptors (Lipinski definition) is 3. The van der Waals surface area contributed by atoms with Crippen LogP contribution in [-0.2, 0) is 23.3 Å². The molecule has 2 aromatic rings. The van der Waals surface area contributed by atoms with Gasteiger partial charge < -0.3 is 10.0 Å². The van der Waals surface area contributed by atoms with Crippen molar-refractivity contribution in [3.63, 3.8) is 0 Å². The molecule has 1 aromatic heterocycles. The highest BCUT2D eigenvalue weighted by molar-refractivity contribution is 5.69. The number of carboxylic acid groups (broad SMARTS) is 1. The van der Waals surface area contributed by atoms with Crippen molar-refractivity contribution in [3.8, 4) is 0 Å². The fourth-order valence-corrected chi connectivity index (χ4v) is 2.96. The highest BCUT2D eigenvalue weighted by Gasteiger charge is 2.24. The van der Waals surface area contributed by atoms with Crippen LogP contribution < -0.4 is 0 Å². The van der Waals surface area contributed by atoms with Gasteiger partial charge in [0, 0.05) is 30.3 Å². The molecule has 0 fully saturated rings. The van der Waals surface area contributed by atoms with Crippen LogP contribution in [0.15, 0.2) is 36.5 Å². The zero-order valence-corrected chi connectivity index (χ0v) is 15.9. The Bertz CT molecular complexity index is 701. The number of rotatable bonds is 7. The van der Waals surface area contributed by atoms with Gasteiger partial charge in [-0.1, -0.05) is 58.0 Å². The third-order valence-electron chi connectivity index (χ3n) is 4.18. The van der Waals surface area contributed by atoms with E-state index in [1.54, 1.807) is 6.92 Å². The van der Waals surface area contributed by atoms with Gasteiger partial charge in [0.1, 0.15) is 0 Å². The lowest BCUT2D eigenvalue weighted by Gasteiger charge is -2.22. The van der Waals surface area contributed by atoms with Crippen LogP contribution in [0.4, 0.5) is 0 Å². The Morgan fingerprint density at radius 3 is 2.48 bits per heavy atom. The largest absolute Gasteiger partial charge is 0.481 e. The van der Waals surface area contributed by atoms with Crippen LogP contribution in [0.1, 0.15) is 44.5 Å². The maximum absolute atomic E-state index is 11.1. The standard InChI is InChI=1S/C20H29N3O2/c1-15(19(24)25)11-22(5)13-17-14-23(21-18(17)20(2,3)4)12-16-9-7-6-8-10-16/h6-10,14-15H,11-13H2,1-5H3,(H,24,25). The second kappa shape index (κ2) is 7.83. The molecule has 0 saturated heterocycles. The maximum atomic E-state index is 11.1. The lowest BCUT2D eigenvalue weighted by molar-refractivity contribution is -0.141. The number of carbonyl (C=O) groups is 1. The normalized spacial score (nSPS) is 13.2. The summed E-state index contributed by atoms with van der Waals surface area (Å²) in [7, 11) is 1.96. The Morgan fingerprint density at radius 2 is 1.92 bits per heavy atom. The third-order valence-corrected chi connectivity index (χ3v) is 4.18. The fraction of sp³-hybridized carbons (Fsp3) is 0.500. The lowest BCUT2D eigenvalue weighted by atomic mass is 9.89. The van der Waals surface area contributed by atoms with Gasteiger partial charge in [0.15, 0.2) is 0 Å². The number of carboxylic acids is 1. The highest BCUT2D eigenvalue weighted by Crippen LogP contribution is 2.25. The summed E-state index contributed by atoms with van der Waals surface area (Å²) in [5, 5.41) is 13.9. The smallest absolute Gasteiger partial charge is 0.307 e. The summed E-state index contributed by atoms with van der Waals surface area (Å²) in [5.41, 5.74) is 3.38. The summed E-state index contributed by atoms with van der Waals surface area (Å²) in [6.07, 6.45) is 2.09. The van der Waals surface area contributed by atoms with Crippen molar-refractivity contribution < 1.29 is 9.90 Å². The molecule has 5 heteroatoms. The number of nitrogens with zero attached hydrogens (tertiary/aromatic N) is 3. The third kappa shape index (κ3) is 5.43. The zero-order valence-electron chi connectivity index (χ0n) is 15.9. The van der Waals surface area contributed by atoms with Crippen molar-refractivity contribution in [2.24, 2.45) is 5.92 Å². The molecule has 1 unspecified atom stereocenters. The summed E-state index contributed by atoms with van der Waals surface area (Å²) < 4.78 is 1.99. The first kappa shape index (κ1) is 19.2. The van der Waals surface area contributed by atoms with E-state index >= 15 is 0 Å². The van der Waals surface area contributed by atoms with Crippen LogP contribution in [-0.4, -0.2) is 39.3 Å². The molecule has 2 rings (SSSR count). The van der Waals surface area contributed by atoms with Gasteiger partial charge in [-0.05, 0) is 12.6 Å². The van der Waals surface area contributed by atoms with Crippen molar-refractivity contribution in [1.29, 1.82) is 0 Å². The molecule has 0 aliphatic rings. The fourth-order valence-electron chi connectivity index (χ4n) is 2.96. The van der Waals surface area contributed by atoms with Gasteiger partial charge in [0.05, 0.1) is 18.2 Å². The van der Waals surface area contributed by atoms with Gasteiger partial charge in [-0.15, -0.1) is 0 Å². The SMILES string of the molecule is CC(CN(C)Cc1cn(Cc2ccccc2)nc1C(C)(C)C)C(=O)O. The summed E-state index contributed by atoms with van der Waals surface area (Å²) >= 11 is 0. The van der Waals surface area contributed by atoms with Gasteiger partial charge >= 0.3 is 5.97 Å². The van der Waals surface area contributed by atoms with Crippen LogP contribution >= 0.6 is 0 Å². The highest BCUT2D eigenvalue weighted by atomic mass is 16.4. The van der Waals surface area contributed by atoms with E-state index in [1.165, 1.54) is 5.56 Å². The summed E-state index contributed by atoms with van der Waals surface area (Å²) in [6, 6.07) is 10.3. The minimum absolute atomic E-state index is 0.0590. The molecule has 25 heavy (non-hydrogen) atoms. The first-order valence-corrected chi connectivity index (χ1v) is 8.69. The van der Waals surface area contributed by atoms with E-state index in [0.717, 1.165) is 17.8 Å². The molecule has 0 saturated carbocycles. The Balaban J connectivity index is 2.19. The molecular formula is C20H29N3O2. The van der Waals surface area contributed by atoms with Crippen LogP contribution in [0.25, 0.3) is 0 Å². The molecule has 0 aliphatic heterocycles. The van der Waals surface area contributed by atoms with E-state index in [1.807, 2.05) is 29.9 Å². The molecule has 1 atom stereocenters. The van der Waals surface area contributed by atoms with Crippen molar-refractivity contribution in [2.75, 3.05) is 13.6 Å². The predicted octanol–water partition coefficient (Wildman–Crippen LogP) is 3.38. The molecule has 0 radical (unpaired) electrons. The number of hydrogen-bond donors (Lipinski definition) is 1. The minimum Gasteiger partial charge on any atom is -0.481 e. The van der Waals surface area contributed by atoms with E-state index in [-0.39, 0.29) is 11.3 Å². The summed E-state index contributed by atoms with van der Waals surface area (Å²) in [5.74, 6) is -1.15. The molecule has 5 nitrogen and oxygen atoms in total. The molecule has 136 valence electrons. The molecule has 0 amide bonds. The molecule has 0 aliphatic carbocycles. The Hall–Kier alpha value is -2.14. The Labute approximate surface area is 150 Å². The van der Waals surface area contributed by atoms with Crippen LogP contribution in [0.2, 0.25) is 0 Å². The Kier molecular flexibility index (Phi) is 6.01. The number of aliphatic carboxylic acids is 1. The quantitative estimate of drug-likeness (QED) is 0.837. The van der Waals surface area contributed by atoms with E-state index in [2.05, 4.69) is 44.0 Å². The van der Waals surface area contributed by atoms with Crippen LogP contribution in [0, 0.1) is 5.92 Å². The van der Waals surface area contributed by atoms with Gasteiger partial charge in [-0.25, -0.2) is 0 Å². The van der Waals surface area contributed by atoms with E-state index in [4.69, 9.17) is 10.2 Å². The van der Waals surface area contributed by atoms with Crippen molar-refractivity contribution in [2.45, 2.75) is 46.2 Å². The second-order valence-corrected chi connectivity index (χ2v) is 7.87. The van der Waals surface area contributed by atoms with Gasteiger partial charge in [0.25, 0.3) is 0 Å². The molecule has 1 heterocycles. The number of aromatic nitrogens is 2. The zero-order chi connectivity index (χ0) is 18.6.